The number of halogens is 1. The third-order valence-electron chi connectivity index (χ3n) is 5.09. The van der Waals surface area contributed by atoms with Crippen molar-refractivity contribution in [3.8, 4) is 0 Å². The Balaban J connectivity index is 1.76. The van der Waals surface area contributed by atoms with Gasteiger partial charge in [0.1, 0.15) is 5.82 Å². The van der Waals surface area contributed by atoms with Gasteiger partial charge in [-0.3, -0.25) is 9.69 Å². The van der Waals surface area contributed by atoms with Crippen LogP contribution < -0.4 is 9.80 Å². The molecular weight excluding hydrogens is 323 g/mol. The Kier molecular flexibility index (Phi) is 4.06. The largest absolute Gasteiger partial charge is 0.301 e. The molecule has 0 spiro atoms. The van der Waals surface area contributed by atoms with Crippen LogP contribution in [0.1, 0.15) is 24.6 Å². The number of amides is 1. The summed E-state index contributed by atoms with van der Waals surface area (Å²) in [6.45, 7) is 1.00. The molecule has 1 amide bonds. The highest BCUT2D eigenvalue weighted by molar-refractivity contribution is 7.98. The van der Waals surface area contributed by atoms with Crippen molar-refractivity contribution in [2.45, 2.75) is 29.9 Å². The smallest absolute Gasteiger partial charge is 0.290 e. The van der Waals surface area contributed by atoms with Gasteiger partial charge in [-0.15, -0.1) is 11.8 Å². The molecular formula is C19H20FN2OS+. The van der Waals surface area contributed by atoms with Gasteiger partial charge in [0, 0.05) is 23.3 Å². The molecule has 0 aliphatic carbocycles. The first kappa shape index (κ1) is 15.7. The molecule has 124 valence electrons. The van der Waals surface area contributed by atoms with E-state index in [2.05, 4.69) is 30.5 Å². The van der Waals surface area contributed by atoms with Crippen LogP contribution in [-0.4, -0.2) is 24.7 Å². The van der Waals surface area contributed by atoms with Gasteiger partial charge in [-0.25, -0.2) is 4.39 Å². The Labute approximate surface area is 145 Å². The molecule has 3 atom stereocenters. The zero-order chi connectivity index (χ0) is 16.7. The van der Waals surface area contributed by atoms with Crippen LogP contribution in [0.2, 0.25) is 0 Å². The predicted octanol–water partition coefficient (Wildman–Crippen LogP) is 2.64. The van der Waals surface area contributed by atoms with Crippen LogP contribution >= 0.6 is 11.8 Å². The molecule has 2 aromatic rings. The summed E-state index contributed by atoms with van der Waals surface area (Å²) in [5.74, 6) is -0.118. The topological polar surface area (TPSA) is 24.8 Å². The summed E-state index contributed by atoms with van der Waals surface area (Å²) >= 11 is 1.71. The van der Waals surface area contributed by atoms with Crippen molar-refractivity contribution in [1.29, 1.82) is 0 Å². The van der Waals surface area contributed by atoms with Crippen molar-refractivity contribution in [2.75, 3.05) is 17.7 Å². The fraction of sp³-hybridized carbons (Fsp3) is 0.316. The molecule has 2 aliphatic heterocycles. The number of nitrogens with one attached hydrogen (secondary N) is 1. The summed E-state index contributed by atoms with van der Waals surface area (Å²) in [5, 5.41) is 0. The number of thioether (sulfide) groups is 1. The zero-order valence-electron chi connectivity index (χ0n) is 13.5. The van der Waals surface area contributed by atoms with Gasteiger partial charge < -0.3 is 4.90 Å². The lowest BCUT2D eigenvalue weighted by Crippen LogP contribution is -3.12. The van der Waals surface area contributed by atoms with E-state index in [4.69, 9.17) is 0 Å². The minimum absolute atomic E-state index is 0.0219. The minimum Gasteiger partial charge on any atom is -0.301 e. The Morgan fingerprint density at radius 3 is 2.50 bits per heavy atom. The number of nitrogens with zero attached hydrogens (tertiary/aromatic N) is 1. The normalized spacial score (nSPS) is 26.0. The molecule has 2 fully saturated rings. The molecule has 4 rings (SSSR count). The summed E-state index contributed by atoms with van der Waals surface area (Å²) in [5.41, 5.74) is 1.92. The van der Waals surface area contributed by atoms with Gasteiger partial charge in [-0.05, 0) is 54.8 Å². The quantitative estimate of drug-likeness (QED) is 0.867. The summed E-state index contributed by atoms with van der Waals surface area (Å²) in [4.78, 5) is 17.4. The van der Waals surface area contributed by atoms with E-state index in [0.29, 0.717) is 0 Å². The number of fused-ring (bicyclic) bond motifs is 1. The van der Waals surface area contributed by atoms with Crippen LogP contribution in [0.4, 0.5) is 10.1 Å². The van der Waals surface area contributed by atoms with E-state index in [-0.39, 0.29) is 23.9 Å². The number of quaternary nitrogens is 1. The summed E-state index contributed by atoms with van der Waals surface area (Å²) in [6, 6.07) is 14.7. The predicted molar refractivity (Wildman–Crippen MR) is 93.7 cm³/mol. The van der Waals surface area contributed by atoms with Crippen molar-refractivity contribution < 1.29 is 14.1 Å². The van der Waals surface area contributed by atoms with Crippen molar-refractivity contribution in [3.63, 3.8) is 0 Å². The molecule has 2 aromatic carbocycles. The number of benzene rings is 2. The summed E-state index contributed by atoms with van der Waals surface area (Å²) in [6.07, 6.45) is 4.06. The first-order valence-corrected chi connectivity index (χ1v) is 9.49. The zero-order valence-corrected chi connectivity index (χ0v) is 14.4. The van der Waals surface area contributed by atoms with Gasteiger partial charge in [-0.2, -0.15) is 0 Å². The van der Waals surface area contributed by atoms with Gasteiger partial charge in [0.05, 0.1) is 12.2 Å². The van der Waals surface area contributed by atoms with E-state index in [1.807, 2.05) is 4.90 Å². The van der Waals surface area contributed by atoms with E-state index in [0.717, 1.165) is 30.6 Å². The molecule has 0 radical (unpaired) electrons. The van der Waals surface area contributed by atoms with Crippen LogP contribution in [0, 0.1) is 5.82 Å². The van der Waals surface area contributed by atoms with Crippen molar-refractivity contribution in [2.24, 2.45) is 0 Å². The Hall–Kier alpha value is -1.85. The molecule has 2 heterocycles. The lowest BCUT2D eigenvalue weighted by atomic mass is 10.1. The van der Waals surface area contributed by atoms with Crippen LogP contribution in [0.25, 0.3) is 0 Å². The second-order valence-corrected chi connectivity index (χ2v) is 7.26. The highest BCUT2D eigenvalue weighted by atomic mass is 32.2. The Bertz CT molecular complexity index is 747. The molecule has 3 unspecified atom stereocenters. The highest BCUT2D eigenvalue weighted by Gasteiger charge is 2.53. The minimum atomic E-state index is -0.279. The lowest BCUT2D eigenvalue weighted by molar-refractivity contribution is -0.924. The van der Waals surface area contributed by atoms with E-state index >= 15 is 0 Å². The monoisotopic (exact) mass is 343 g/mol. The molecule has 5 heteroatoms. The van der Waals surface area contributed by atoms with Crippen molar-refractivity contribution >= 4 is 23.4 Å². The summed E-state index contributed by atoms with van der Waals surface area (Å²) in [7, 11) is 0. The van der Waals surface area contributed by atoms with Crippen LogP contribution in [0.5, 0.6) is 0 Å². The molecule has 0 saturated carbocycles. The second-order valence-electron chi connectivity index (χ2n) is 6.38. The number of hydrogen-bond acceptors (Lipinski definition) is 2. The van der Waals surface area contributed by atoms with Crippen LogP contribution in [0.15, 0.2) is 53.4 Å². The molecule has 0 aromatic heterocycles. The maximum absolute atomic E-state index is 13.3. The standard InChI is InChI=1S/C19H19FN2OS/c1-24-16-10-4-13(5-11-16)18-21-12-2-3-17(21)19(23)22(18)15-8-6-14(20)7-9-15/h4-11,17-18H,2-3,12H2,1H3/p+1. The van der Waals surface area contributed by atoms with E-state index in [1.54, 1.807) is 23.9 Å². The van der Waals surface area contributed by atoms with Crippen LogP contribution in [0.3, 0.4) is 0 Å². The van der Waals surface area contributed by atoms with Crippen molar-refractivity contribution in [3.05, 3.63) is 59.9 Å². The van der Waals surface area contributed by atoms with E-state index in [9.17, 15) is 9.18 Å². The summed E-state index contributed by atoms with van der Waals surface area (Å²) < 4.78 is 13.3. The number of rotatable bonds is 3. The van der Waals surface area contributed by atoms with Gasteiger partial charge in [0.25, 0.3) is 5.91 Å². The first-order valence-electron chi connectivity index (χ1n) is 8.27. The third-order valence-corrected chi connectivity index (χ3v) is 5.83. The first-order chi connectivity index (χ1) is 11.7. The van der Waals surface area contributed by atoms with Gasteiger partial charge in [0.15, 0.2) is 12.2 Å². The Morgan fingerprint density at radius 2 is 1.83 bits per heavy atom. The number of carbonyl (C=O) groups excluding carboxylic acids is 1. The van der Waals surface area contributed by atoms with Gasteiger partial charge in [-0.1, -0.05) is 0 Å². The van der Waals surface area contributed by atoms with Crippen LogP contribution in [-0.2, 0) is 4.79 Å². The van der Waals surface area contributed by atoms with Gasteiger partial charge in [0.2, 0.25) is 0 Å². The molecule has 3 nitrogen and oxygen atoms in total. The molecule has 2 saturated heterocycles. The maximum atomic E-state index is 13.3. The highest BCUT2D eigenvalue weighted by Crippen LogP contribution is 2.31. The third kappa shape index (κ3) is 2.52. The Morgan fingerprint density at radius 1 is 1.12 bits per heavy atom. The molecule has 1 N–H and O–H groups in total. The van der Waals surface area contributed by atoms with E-state index in [1.165, 1.54) is 21.9 Å². The fourth-order valence-corrected chi connectivity index (χ4v) is 4.38. The molecule has 0 bridgehead atoms. The second kappa shape index (κ2) is 6.22. The average Bonchev–Trinajstić information content (AvgIpc) is 3.18. The van der Waals surface area contributed by atoms with E-state index < -0.39 is 0 Å². The molecule has 24 heavy (non-hydrogen) atoms. The van der Waals surface area contributed by atoms with Gasteiger partial charge >= 0.3 is 0 Å². The SMILES string of the molecule is CSc1ccc(C2N(c3ccc(F)cc3)C(=O)C3CCC[NH+]32)cc1. The number of hydrogen-bond donors (Lipinski definition) is 1. The fourth-order valence-electron chi connectivity index (χ4n) is 3.97. The average molecular weight is 343 g/mol. The molecule has 2 aliphatic rings. The lowest BCUT2D eigenvalue weighted by Gasteiger charge is -2.26. The number of anilines is 1. The number of carbonyl (C=O) groups is 1. The van der Waals surface area contributed by atoms with Crippen molar-refractivity contribution in [1.82, 2.24) is 0 Å². The maximum Gasteiger partial charge on any atom is 0.290 e.